The molecule has 0 radical (unpaired) electrons. The summed E-state index contributed by atoms with van der Waals surface area (Å²) in [6.45, 7) is 1.41. The van der Waals surface area contributed by atoms with Crippen LogP contribution in [0, 0.1) is 5.92 Å². The molecule has 0 spiro atoms. The minimum Gasteiger partial charge on any atom is -0.396 e. The number of carbonyl (C=O) groups excluding carboxylic acids is 1. The van der Waals surface area contributed by atoms with E-state index in [-0.39, 0.29) is 25.1 Å². The van der Waals surface area contributed by atoms with E-state index in [1.54, 1.807) is 12.3 Å². The average Bonchev–Trinajstić information content (AvgIpc) is 3.51. The highest BCUT2D eigenvalue weighted by Gasteiger charge is 2.43. The summed E-state index contributed by atoms with van der Waals surface area (Å²) in [5.41, 5.74) is 3.86. The third-order valence-corrected chi connectivity index (χ3v) is 8.08. The van der Waals surface area contributed by atoms with E-state index in [0.717, 1.165) is 23.8 Å². The van der Waals surface area contributed by atoms with E-state index in [0.29, 0.717) is 11.8 Å². The predicted molar refractivity (Wildman–Crippen MR) is 112 cm³/mol. The summed E-state index contributed by atoms with van der Waals surface area (Å²) in [5.74, 6) is -0.295. The van der Waals surface area contributed by atoms with Crippen LogP contribution < -0.4 is 11.0 Å². The minimum atomic E-state index is -3.83. The molecule has 1 fully saturated rings. The number of aryl methyl sites for hydroxylation is 1. The lowest BCUT2D eigenvalue weighted by molar-refractivity contribution is -0.131. The molecular formula is C21H26N2O6S. The van der Waals surface area contributed by atoms with Gasteiger partial charge in [-0.05, 0) is 54.4 Å². The number of amides is 1. The van der Waals surface area contributed by atoms with Gasteiger partial charge in [0, 0.05) is 31.7 Å². The number of hydrogen-bond acceptors (Lipinski definition) is 6. The van der Waals surface area contributed by atoms with Crippen LogP contribution in [0.2, 0.25) is 0 Å². The van der Waals surface area contributed by atoms with Crippen LogP contribution in [-0.4, -0.2) is 46.8 Å². The Hall–Kier alpha value is -2.49. The first kappa shape index (κ1) is 22.2. The predicted octanol–water partition coefficient (Wildman–Crippen LogP) is 1.31. The third-order valence-electron chi connectivity index (χ3n) is 6.06. The summed E-state index contributed by atoms with van der Waals surface area (Å²) in [5, 5.41) is 18.1. The maximum absolute atomic E-state index is 12.5. The van der Waals surface area contributed by atoms with Gasteiger partial charge in [0.05, 0.1) is 0 Å². The molecule has 1 aliphatic carbocycles. The molecule has 1 aromatic heterocycles. The lowest BCUT2D eigenvalue weighted by atomic mass is 10.0. The van der Waals surface area contributed by atoms with Crippen molar-refractivity contribution in [1.82, 2.24) is 10.0 Å². The van der Waals surface area contributed by atoms with Crippen molar-refractivity contribution in [3.63, 3.8) is 0 Å². The first-order chi connectivity index (χ1) is 14.1. The lowest BCUT2D eigenvalue weighted by Crippen LogP contribution is -2.49. The molecule has 9 heteroatoms. The van der Waals surface area contributed by atoms with Crippen LogP contribution in [0.1, 0.15) is 31.2 Å². The van der Waals surface area contributed by atoms with Gasteiger partial charge in [0.25, 0.3) is 11.5 Å². The summed E-state index contributed by atoms with van der Waals surface area (Å²) >= 11 is 0. The zero-order valence-electron chi connectivity index (χ0n) is 16.9. The van der Waals surface area contributed by atoms with Crippen molar-refractivity contribution in [3.8, 4) is 11.1 Å². The molecule has 1 aliphatic rings. The zero-order chi connectivity index (χ0) is 22.1. The van der Waals surface area contributed by atoms with Gasteiger partial charge in [0.15, 0.2) is 14.6 Å². The van der Waals surface area contributed by atoms with Crippen LogP contribution in [0.3, 0.4) is 0 Å². The second-order valence-electron chi connectivity index (χ2n) is 8.05. The Morgan fingerprint density at radius 3 is 2.40 bits per heavy atom. The van der Waals surface area contributed by atoms with E-state index in [1.165, 1.54) is 28.6 Å². The number of nitrogens with zero attached hydrogens (tertiary/aromatic N) is 1. The number of carbonyl (C=O) groups is 1. The highest BCUT2D eigenvalue weighted by Crippen LogP contribution is 2.47. The van der Waals surface area contributed by atoms with Crippen LogP contribution in [-0.2, 0) is 21.2 Å². The standard InChI is InChI=1S/C21H26N2O6S/c1-21(20(26)22-27,30(2,28)29)8-10-23-9-7-16(12-19(23)25)14-3-5-15(6-4-14)18-11-17(18)13-24/h3-7,9,12,17-18,24,27H,8,10-11,13H2,1-2H3,(H,22,26)/t17-,18?,21?/m0/s1. The Morgan fingerprint density at radius 2 is 1.90 bits per heavy atom. The minimum absolute atomic E-state index is 0.000725. The Bertz CT molecular complexity index is 1090. The molecule has 30 heavy (non-hydrogen) atoms. The van der Waals surface area contributed by atoms with Gasteiger partial charge >= 0.3 is 0 Å². The Morgan fingerprint density at radius 1 is 1.23 bits per heavy atom. The number of aliphatic hydroxyl groups excluding tert-OH is 1. The Labute approximate surface area is 175 Å². The van der Waals surface area contributed by atoms with Crippen molar-refractivity contribution in [2.45, 2.75) is 37.0 Å². The number of hydrogen-bond donors (Lipinski definition) is 3. The highest BCUT2D eigenvalue weighted by molar-refractivity contribution is 7.92. The normalized spacial score (nSPS) is 20.4. The summed E-state index contributed by atoms with van der Waals surface area (Å²) in [6.07, 6.45) is 3.31. The summed E-state index contributed by atoms with van der Waals surface area (Å²) in [7, 11) is -3.83. The molecule has 2 aromatic rings. The molecule has 2 unspecified atom stereocenters. The second-order valence-corrected chi connectivity index (χ2v) is 10.5. The third kappa shape index (κ3) is 4.33. The van der Waals surface area contributed by atoms with Crippen LogP contribution >= 0.6 is 0 Å². The van der Waals surface area contributed by atoms with Gasteiger partial charge in [-0.25, -0.2) is 13.9 Å². The molecule has 0 aliphatic heterocycles. The number of benzene rings is 1. The fourth-order valence-corrected chi connectivity index (χ4v) is 4.42. The van der Waals surface area contributed by atoms with Gasteiger partial charge < -0.3 is 9.67 Å². The molecular weight excluding hydrogens is 408 g/mol. The molecule has 1 saturated carbocycles. The fourth-order valence-electron chi connectivity index (χ4n) is 3.57. The van der Waals surface area contributed by atoms with Gasteiger partial charge in [0.1, 0.15) is 0 Å². The molecule has 8 nitrogen and oxygen atoms in total. The molecule has 1 heterocycles. The van der Waals surface area contributed by atoms with Crippen LogP contribution in [0.25, 0.3) is 11.1 Å². The smallest absolute Gasteiger partial charge is 0.264 e. The molecule has 0 bridgehead atoms. The molecule has 3 rings (SSSR count). The van der Waals surface area contributed by atoms with Gasteiger partial charge in [-0.3, -0.25) is 14.8 Å². The van der Waals surface area contributed by atoms with E-state index < -0.39 is 20.5 Å². The molecule has 162 valence electrons. The fraction of sp³-hybridized carbons (Fsp3) is 0.429. The summed E-state index contributed by atoms with van der Waals surface area (Å²) < 4.78 is 23.6. The van der Waals surface area contributed by atoms with Crippen LogP contribution in [0.4, 0.5) is 0 Å². The van der Waals surface area contributed by atoms with Gasteiger partial charge in [-0.15, -0.1) is 0 Å². The lowest BCUT2D eigenvalue weighted by Gasteiger charge is -2.25. The number of sulfone groups is 1. The van der Waals surface area contributed by atoms with E-state index >= 15 is 0 Å². The summed E-state index contributed by atoms with van der Waals surface area (Å²) in [6, 6.07) is 11.1. The first-order valence-corrected chi connectivity index (χ1v) is 11.6. The summed E-state index contributed by atoms with van der Waals surface area (Å²) in [4.78, 5) is 24.4. The topological polar surface area (TPSA) is 126 Å². The number of pyridine rings is 1. The van der Waals surface area contributed by atoms with E-state index in [4.69, 9.17) is 5.21 Å². The average molecular weight is 435 g/mol. The maximum atomic E-state index is 12.5. The van der Waals surface area contributed by atoms with Crippen molar-refractivity contribution in [2.24, 2.45) is 5.92 Å². The quantitative estimate of drug-likeness (QED) is 0.425. The number of aromatic nitrogens is 1. The molecule has 1 amide bonds. The molecule has 0 saturated heterocycles. The number of rotatable bonds is 8. The van der Waals surface area contributed by atoms with Crippen molar-refractivity contribution in [1.29, 1.82) is 0 Å². The zero-order valence-corrected chi connectivity index (χ0v) is 17.7. The first-order valence-electron chi connectivity index (χ1n) is 9.66. The second kappa shape index (κ2) is 8.33. The van der Waals surface area contributed by atoms with Crippen molar-refractivity contribution in [3.05, 3.63) is 58.5 Å². The van der Waals surface area contributed by atoms with Crippen molar-refractivity contribution in [2.75, 3.05) is 12.9 Å². The SMILES string of the molecule is CC(CCn1ccc(-c2ccc(C3C[C@H]3CO)cc2)cc1=O)(C(=O)NO)S(C)(=O)=O. The molecule has 1 aromatic carbocycles. The van der Waals surface area contributed by atoms with Gasteiger partial charge in [-0.2, -0.15) is 0 Å². The Kier molecular flexibility index (Phi) is 6.16. The number of aliphatic hydroxyl groups is 1. The monoisotopic (exact) mass is 434 g/mol. The Balaban J connectivity index is 1.75. The molecule has 3 N–H and O–H groups in total. The van der Waals surface area contributed by atoms with E-state index in [9.17, 15) is 23.1 Å². The van der Waals surface area contributed by atoms with E-state index in [2.05, 4.69) is 0 Å². The molecule has 3 atom stereocenters. The number of nitrogens with one attached hydrogen (secondary N) is 1. The van der Waals surface area contributed by atoms with Crippen molar-refractivity contribution >= 4 is 15.7 Å². The van der Waals surface area contributed by atoms with Crippen molar-refractivity contribution < 1.29 is 23.5 Å². The largest absolute Gasteiger partial charge is 0.396 e. The van der Waals surface area contributed by atoms with Crippen LogP contribution in [0.5, 0.6) is 0 Å². The van der Waals surface area contributed by atoms with Gasteiger partial charge in [-0.1, -0.05) is 24.3 Å². The van der Waals surface area contributed by atoms with Gasteiger partial charge in [0.2, 0.25) is 0 Å². The van der Waals surface area contributed by atoms with Crippen LogP contribution in [0.15, 0.2) is 47.4 Å². The highest BCUT2D eigenvalue weighted by atomic mass is 32.2. The maximum Gasteiger partial charge on any atom is 0.264 e. The van der Waals surface area contributed by atoms with E-state index in [1.807, 2.05) is 24.3 Å². The number of hydroxylamine groups is 1.